The van der Waals surface area contributed by atoms with Gasteiger partial charge in [-0.15, -0.1) is 12.4 Å². The van der Waals surface area contributed by atoms with Crippen molar-refractivity contribution in [3.63, 3.8) is 0 Å². The van der Waals surface area contributed by atoms with E-state index in [1.165, 1.54) is 0 Å². The number of amides is 2. The molecule has 19 heavy (non-hydrogen) atoms. The summed E-state index contributed by atoms with van der Waals surface area (Å²) >= 11 is 0. The molecule has 0 aromatic carbocycles. The lowest BCUT2D eigenvalue weighted by molar-refractivity contribution is -0.134. The Morgan fingerprint density at radius 1 is 1.26 bits per heavy atom. The molecule has 1 aliphatic rings. The molecule has 0 saturated heterocycles. The number of hydrogen-bond acceptors (Lipinski definition) is 3. The smallest absolute Gasteiger partial charge is 0.225 e. The second kappa shape index (κ2) is 9.15. The van der Waals surface area contributed by atoms with E-state index >= 15 is 0 Å². The summed E-state index contributed by atoms with van der Waals surface area (Å²) in [6.07, 6.45) is 4.23. The van der Waals surface area contributed by atoms with E-state index in [9.17, 15) is 9.59 Å². The van der Waals surface area contributed by atoms with Crippen LogP contribution in [0.15, 0.2) is 0 Å². The zero-order valence-electron chi connectivity index (χ0n) is 12.1. The topological polar surface area (TPSA) is 61.4 Å². The highest BCUT2D eigenvalue weighted by atomic mass is 35.5. The largest absolute Gasteiger partial charge is 0.353 e. The van der Waals surface area contributed by atoms with Gasteiger partial charge in [-0.3, -0.25) is 9.59 Å². The highest BCUT2D eigenvalue weighted by Gasteiger charge is 2.28. The fourth-order valence-electron chi connectivity index (χ4n) is 2.45. The van der Waals surface area contributed by atoms with E-state index in [2.05, 4.69) is 10.6 Å². The molecule has 2 N–H and O–H groups in total. The van der Waals surface area contributed by atoms with E-state index in [1.54, 1.807) is 19.0 Å². The number of nitrogens with zero attached hydrogens (tertiary/aromatic N) is 1. The summed E-state index contributed by atoms with van der Waals surface area (Å²) in [4.78, 5) is 25.2. The van der Waals surface area contributed by atoms with Crippen molar-refractivity contribution in [2.75, 3.05) is 27.7 Å². The third kappa shape index (κ3) is 6.25. The zero-order chi connectivity index (χ0) is 13.5. The second-order valence-corrected chi connectivity index (χ2v) is 5.21. The van der Waals surface area contributed by atoms with Gasteiger partial charge in [0.1, 0.15) is 0 Å². The Kier molecular flexibility index (Phi) is 8.76. The summed E-state index contributed by atoms with van der Waals surface area (Å²) in [6, 6.07) is 0.164. The molecule has 0 bridgehead atoms. The maximum atomic E-state index is 11.9. The molecule has 1 fully saturated rings. The van der Waals surface area contributed by atoms with Gasteiger partial charge in [-0.2, -0.15) is 0 Å². The number of rotatable bonds is 5. The number of carbonyl (C=O) groups is 2. The molecule has 0 spiro atoms. The SMILES string of the molecule is CNCCC(=O)NC1CCCC(C(=O)N(C)C)C1.Cl. The van der Waals surface area contributed by atoms with E-state index < -0.39 is 0 Å². The van der Waals surface area contributed by atoms with E-state index in [-0.39, 0.29) is 36.2 Å². The van der Waals surface area contributed by atoms with Crippen LogP contribution in [-0.4, -0.2) is 50.4 Å². The number of halogens is 1. The number of hydrogen-bond donors (Lipinski definition) is 2. The highest BCUT2D eigenvalue weighted by molar-refractivity contribution is 5.85. The van der Waals surface area contributed by atoms with Crippen LogP contribution in [0.5, 0.6) is 0 Å². The van der Waals surface area contributed by atoms with Crippen molar-refractivity contribution < 1.29 is 9.59 Å². The van der Waals surface area contributed by atoms with E-state index in [0.29, 0.717) is 13.0 Å². The molecule has 1 aliphatic carbocycles. The van der Waals surface area contributed by atoms with E-state index in [4.69, 9.17) is 0 Å². The molecule has 6 heteroatoms. The van der Waals surface area contributed by atoms with Crippen LogP contribution in [0.3, 0.4) is 0 Å². The Balaban J connectivity index is 0.00000324. The molecular formula is C13H26ClN3O2. The Bertz CT molecular complexity index is 298. The first-order valence-corrected chi connectivity index (χ1v) is 6.69. The number of carbonyl (C=O) groups excluding carboxylic acids is 2. The summed E-state index contributed by atoms with van der Waals surface area (Å²) in [5.74, 6) is 0.333. The van der Waals surface area contributed by atoms with Gasteiger partial charge in [0.05, 0.1) is 0 Å². The summed E-state index contributed by atoms with van der Waals surface area (Å²) in [6.45, 7) is 0.693. The lowest BCUT2D eigenvalue weighted by Gasteiger charge is -2.30. The van der Waals surface area contributed by atoms with Crippen LogP contribution in [0, 0.1) is 5.92 Å². The minimum absolute atomic E-state index is 0. The molecule has 0 heterocycles. The molecule has 2 unspecified atom stereocenters. The zero-order valence-corrected chi connectivity index (χ0v) is 12.9. The molecule has 0 aromatic rings. The van der Waals surface area contributed by atoms with Gasteiger partial charge in [-0.05, 0) is 26.3 Å². The van der Waals surface area contributed by atoms with Crippen molar-refractivity contribution in [1.29, 1.82) is 0 Å². The molecule has 5 nitrogen and oxygen atoms in total. The molecule has 0 aromatic heterocycles. The lowest BCUT2D eigenvalue weighted by atomic mass is 9.85. The Morgan fingerprint density at radius 2 is 1.95 bits per heavy atom. The van der Waals surface area contributed by atoms with Gasteiger partial charge in [0, 0.05) is 39.0 Å². The van der Waals surface area contributed by atoms with Crippen molar-refractivity contribution in [3.05, 3.63) is 0 Å². The Hall–Kier alpha value is -0.810. The monoisotopic (exact) mass is 291 g/mol. The van der Waals surface area contributed by atoms with Gasteiger partial charge in [0.15, 0.2) is 0 Å². The molecule has 2 atom stereocenters. The summed E-state index contributed by atoms with van der Waals surface area (Å²) in [7, 11) is 5.41. The number of nitrogens with one attached hydrogen (secondary N) is 2. The Labute approximate surface area is 121 Å². The molecule has 2 amide bonds. The maximum absolute atomic E-state index is 11.9. The van der Waals surface area contributed by atoms with Crippen LogP contribution in [0.25, 0.3) is 0 Å². The predicted molar refractivity (Wildman–Crippen MR) is 78.4 cm³/mol. The summed E-state index contributed by atoms with van der Waals surface area (Å²) in [5, 5.41) is 5.98. The lowest BCUT2D eigenvalue weighted by Crippen LogP contribution is -2.42. The quantitative estimate of drug-likeness (QED) is 0.787. The average Bonchev–Trinajstić information content (AvgIpc) is 2.35. The summed E-state index contributed by atoms with van der Waals surface area (Å²) < 4.78 is 0. The normalized spacial score (nSPS) is 22.3. The van der Waals surface area contributed by atoms with Gasteiger partial charge in [-0.25, -0.2) is 0 Å². The minimum atomic E-state index is 0. The van der Waals surface area contributed by atoms with Gasteiger partial charge in [0.2, 0.25) is 11.8 Å². The van der Waals surface area contributed by atoms with Gasteiger partial charge in [0.25, 0.3) is 0 Å². The van der Waals surface area contributed by atoms with Crippen molar-refractivity contribution in [3.8, 4) is 0 Å². The van der Waals surface area contributed by atoms with Crippen molar-refractivity contribution in [2.24, 2.45) is 5.92 Å². The fourth-order valence-corrected chi connectivity index (χ4v) is 2.45. The second-order valence-electron chi connectivity index (χ2n) is 5.21. The van der Waals surface area contributed by atoms with Crippen LogP contribution in [0.1, 0.15) is 32.1 Å². The molecular weight excluding hydrogens is 266 g/mol. The third-order valence-corrected chi connectivity index (χ3v) is 3.43. The van der Waals surface area contributed by atoms with Crippen molar-refractivity contribution in [1.82, 2.24) is 15.5 Å². The minimum Gasteiger partial charge on any atom is -0.353 e. The molecule has 112 valence electrons. The third-order valence-electron chi connectivity index (χ3n) is 3.43. The van der Waals surface area contributed by atoms with Crippen LogP contribution < -0.4 is 10.6 Å². The molecule has 0 radical (unpaired) electrons. The molecule has 1 saturated carbocycles. The highest BCUT2D eigenvalue weighted by Crippen LogP contribution is 2.25. The van der Waals surface area contributed by atoms with Crippen LogP contribution in [-0.2, 0) is 9.59 Å². The summed E-state index contributed by atoms with van der Waals surface area (Å²) in [5.41, 5.74) is 0. The predicted octanol–water partition coefficient (Wildman–Crippen LogP) is 0.781. The van der Waals surface area contributed by atoms with Crippen LogP contribution >= 0.6 is 12.4 Å². The first-order valence-electron chi connectivity index (χ1n) is 6.69. The first kappa shape index (κ1) is 18.2. The Morgan fingerprint density at radius 3 is 2.53 bits per heavy atom. The van der Waals surface area contributed by atoms with E-state index in [1.807, 2.05) is 7.05 Å². The standard InChI is InChI=1S/C13H25N3O2.ClH/c1-14-8-7-12(17)15-11-6-4-5-10(9-11)13(18)16(2)3;/h10-11,14H,4-9H2,1-3H3,(H,15,17);1H. The van der Waals surface area contributed by atoms with Crippen molar-refractivity contribution >= 4 is 24.2 Å². The van der Waals surface area contributed by atoms with Gasteiger partial charge < -0.3 is 15.5 Å². The van der Waals surface area contributed by atoms with Gasteiger partial charge in [-0.1, -0.05) is 6.42 Å². The average molecular weight is 292 g/mol. The van der Waals surface area contributed by atoms with Crippen molar-refractivity contribution in [2.45, 2.75) is 38.1 Å². The van der Waals surface area contributed by atoms with Crippen LogP contribution in [0.2, 0.25) is 0 Å². The maximum Gasteiger partial charge on any atom is 0.225 e. The van der Waals surface area contributed by atoms with Gasteiger partial charge >= 0.3 is 0 Å². The molecule has 1 rings (SSSR count). The fraction of sp³-hybridized carbons (Fsp3) is 0.846. The first-order chi connectivity index (χ1) is 8.54. The van der Waals surface area contributed by atoms with Crippen LogP contribution in [0.4, 0.5) is 0 Å². The van der Waals surface area contributed by atoms with E-state index in [0.717, 1.165) is 25.7 Å². The molecule has 0 aliphatic heterocycles.